The number of hydrogen-bond acceptors (Lipinski definition) is 5. The molecule has 2 aromatic rings. The summed E-state index contributed by atoms with van der Waals surface area (Å²) in [4.78, 5) is 2.42. The molecule has 6 nitrogen and oxygen atoms in total. The Labute approximate surface area is 161 Å². The Morgan fingerprint density at radius 3 is 2.44 bits per heavy atom. The zero-order chi connectivity index (χ0) is 19.9. The van der Waals surface area contributed by atoms with E-state index in [9.17, 15) is 8.42 Å². The molecule has 0 heterocycles. The van der Waals surface area contributed by atoms with Crippen LogP contribution in [0.3, 0.4) is 0 Å². The van der Waals surface area contributed by atoms with Crippen molar-refractivity contribution in [2.45, 2.75) is 39.0 Å². The van der Waals surface area contributed by atoms with E-state index in [1.807, 2.05) is 27.7 Å². The number of ether oxygens (including phenoxy) is 2. The summed E-state index contributed by atoms with van der Waals surface area (Å²) in [6, 6.07) is 10.3. The van der Waals surface area contributed by atoms with Crippen molar-refractivity contribution in [3.8, 4) is 11.5 Å². The van der Waals surface area contributed by atoms with Crippen LogP contribution in [0.1, 0.15) is 37.0 Å². The van der Waals surface area contributed by atoms with E-state index in [2.05, 4.69) is 9.93 Å². The predicted molar refractivity (Wildman–Crippen MR) is 107 cm³/mol. The minimum Gasteiger partial charge on any atom is -0.490 e. The molecular formula is C20H26N2O4S. The zero-order valence-corrected chi connectivity index (χ0v) is 17.0. The van der Waals surface area contributed by atoms with Crippen molar-refractivity contribution in [3.63, 3.8) is 0 Å². The smallest absolute Gasteiger partial charge is 0.276 e. The van der Waals surface area contributed by atoms with Gasteiger partial charge in [0.2, 0.25) is 0 Å². The average Bonchev–Trinajstić information content (AvgIpc) is 2.63. The van der Waals surface area contributed by atoms with Gasteiger partial charge in [-0.05, 0) is 74.2 Å². The molecule has 0 aliphatic rings. The molecular weight excluding hydrogens is 364 g/mol. The lowest BCUT2D eigenvalue weighted by Crippen LogP contribution is -2.18. The Morgan fingerprint density at radius 1 is 1.00 bits per heavy atom. The minimum absolute atomic E-state index is 0.182. The van der Waals surface area contributed by atoms with E-state index in [4.69, 9.17) is 9.47 Å². The number of hydrazone groups is 1. The molecule has 0 spiro atoms. The van der Waals surface area contributed by atoms with Gasteiger partial charge in [-0.2, -0.15) is 13.5 Å². The third kappa shape index (κ3) is 5.72. The first-order chi connectivity index (χ1) is 12.9. The Kier molecular flexibility index (Phi) is 7.24. The summed E-state index contributed by atoms with van der Waals surface area (Å²) < 4.78 is 36.0. The van der Waals surface area contributed by atoms with Gasteiger partial charge in [0, 0.05) is 0 Å². The van der Waals surface area contributed by atoms with E-state index in [0.717, 1.165) is 17.5 Å². The second-order valence-corrected chi connectivity index (χ2v) is 7.75. The van der Waals surface area contributed by atoms with Gasteiger partial charge in [0.1, 0.15) is 0 Å². The molecule has 0 aliphatic carbocycles. The van der Waals surface area contributed by atoms with Crippen LogP contribution in [0.2, 0.25) is 0 Å². The predicted octanol–water partition coefficient (Wildman–Crippen LogP) is 3.80. The van der Waals surface area contributed by atoms with Crippen LogP contribution in [0.4, 0.5) is 0 Å². The Balaban J connectivity index is 2.14. The fourth-order valence-electron chi connectivity index (χ4n) is 2.31. The summed E-state index contributed by atoms with van der Waals surface area (Å²) >= 11 is 0. The summed E-state index contributed by atoms with van der Waals surface area (Å²) in [6.45, 7) is 8.83. The van der Waals surface area contributed by atoms with E-state index in [-0.39, 0.29) is 4.90 Å². The van der Waals surface area contributed by atoms with E-state index in [0.29, 0.717) is 30.3 Å². The van der Waals surface area contributed by atoms with Crippen LogP contribution in [0.25, 0.3) is 0 Å². The maximum Gasteiger partial charge on any atom is 0.276 e. The number of rotatable bonds is 9. The van der Waals surface area contributed by atoms with Crippen LogP contribution >= 0.6 is 0 Å². The van der Waals surface area contributed by atoms with Crippen LogP contribution in [0.5, 0.6) is 11.5 Å². The molecule has 0 aromatic heterocycles. The van der Waals surface area contributed by atoms with Gasteiger partial charge in [-0.3, -0.25) is 0 Å². The lowest BCUT2D eigenvalue weighted by Gasteiger charge is -2.11. The summed E-state index contributed by atoms with van der Waals surface area (Å²) in [5.74, 6) is 1.26. The highest BCUT2D eigenvalue weighted by atomic mass is 32.2. The molecule has 0 bridgehead atoms. The highest BCUT2D eigenvalue weighted by Crippen LogP contribution is 2.28. The van der Waals surface area contributed by atoms with Gasteiger partial charge < -0.3 is 9.47 Å². The normalized spacial score (nSPS) is 11.6. The van der Waals surface area contributed by atoms with E-state index >= 15 is 0 Å². The average molecular weight is 391 g/mol. The molecule has 146 valence electrons. The quantitative estimate of drug-likeness (QED) is 0.522. The van der Waals surface area contributed by atoms with Crippen molar-refractivity contribution in [2.75, 3.05) is 13.2 Å². The lowest BCUT2D eigenvalue weighted by atomic mass is 10.1. The molecule has 0 fully saturated rings. The van der Waals surface area contributed by atoms with Gasteiger partial charge in [-0.15, -0.1) is 0 Å². The molecule has 0 aliphatic heterocycles. The fraction of sp³-hybridized carbons (Fsp3) is 0.350. The van der Waals surface area contributed by atoms with Crippen LogP contribution in [-0.4, -0.2) is 27.8 Å². The van der Waals surface area contributed by atoms with E-state index < -0.39 is 10.0 Å². The van der Waals surface area contributed by atoms with Crippen molar-refractivity contribution in [3.05, 3.63) is 53.1 Å². The van der Waals surface area contributed by atoms with E-state index in [1.165, 1.54) is 6.21 Å². The first-order valence-corrected chi connectivity index (χ1v) is 10.4. The van der Waals surface area contributed by atoms with Crippen LogP contribution < -0.4 is 14.3 Å². The molecule has 0 amide bonds. The maximum absolute atomic E-state index is 12.4. The Morgan fingerprint density at radius 2 is 1.78 bits per heavy atom. The van der Waals surface area contributed by atoms with Gasteiger partial charge in [0.15, 0.2) is 11.5 Å². The molecule has 7 heteroatoms. The third-order valence-corrected chi connectivity index (χ3v) is 5.12. The highest BCUT2D eigenvalue weighted by Gasteiger charge is 2.13. The summed E-state index contributed by atoms with van der Waals surface area (Å²) in [5, 5.41) is 3.88. The Bertz CT molecular complexity index is 908. The largest absolute Gasteiger partial charge is 0.490 e. The van der Waals surface area contributed by atoms with Crippen LogP contribution in [-0.2, 0) is 10.0 Å². The zero-order valence-electron chi connectivity index (χ0n) is 16.2. The van der Waals surface area contributed by atoms with Gasteiger partial charge >= 0.3 is 0 Å². The van der Waals surface area contributed by atoms with Gasteiger partial charge in [0.05, 0.1) is 24.3 Å². The van der Waals surface area contributed by atoms with Crippen molar-refractivity contribution in [2.24, 2.45) is 5.10 Å². The van der Waals surface area contributed by atoms with Crippen LogP contribution in [0.15, 0.2) is 46.4 Å². The molecule has 27 heavy (non-hydrogen) atoms. The number of aryl methyl sites for hydroxylation is 2. The molecule has 0 saturated carbocycles. The second kappa shape index (κ2) is 9.41. The SMILES string of the molecule is CCCOc1ccc(/C=N/NS(=O)(=O)c2ccc(C)c(C)c2)cc1OCC. The number of nitrogens with zero attached hydrogens (tertiary/aromatic N) is 1. The van der Waals surface area contributed by atoms with Crippen molar-refractivity contribution < 1.29 is 17.9 Å². The molecule has 2 aromatic carbocycles. The van der Waals surface area contributed by atoms with E-state index in [1.54, 1.807) is 36.4 Å². The lowest BCUT2D eigenvalue weighted by molar-refractivity contribution is 0.277. The van der Waals surface area contributed by atoms with Gasteiger partial charge in [0.25, 0.3) is 10.0 Å². The minimum atomic E-state index is -3.71. The number of nitrogens with one attached hydrogen (secondary N) is 1. The summed E-state index contributed by atoms with van der Waals surface area (Å²) in [5.41, 5.74) is 2.64. The molecule has 0 atom stereocenters. The van der Waals surface area contributed by atoms with Gasteiger partial charge in [-0.25, -0.2) is 4.83 Å². The molecule has 2 rings (SSSR count). The number of hydrogen-bond donors (Lipinski definition) is 1. The first kappa shape index (κ1) is 20.8. The van der Waals surface area contributed by atoms with Gasteiger partial charge in [-0.1, -0.05) is 13.0 Å². The standard InChI is InChI=1S/C20H26N2O4S/c1-5-11-26-19-10-8-17(13-20(19)25-6-2)14-21-22-27(23,24)18-9-7-15(3)16(4)12-18/h7-10,12-14,22H,5-6,11H2,1-4H3/b21-14+. The molecule has 0 radical (unpaired) electrons. The third-order valence-electron chi connectivity index (χ3n) is 3.90. The first-order valence-electron chi connectivity index (χ1n) is 8.89. The summed E-state index contributed by atoms with van der Waals surface area (Å²) in [6.07, 6.45) is 2.33. The maximum atomic E-state index is 12.4. The van der Waals surface area contributed by atoms with Crippen molar-refractivity contribution in [1.82, 2.24) is 4.83 Å². The number of sulfonamides is 1. The highest BCUT2D eigenvalue weighted by molar-refractivity contribution is 7.89. The Hall–Kier alpha value is -2.54. The fourth-order valence-corrected chi connectivity index (χ4v) is 3.18. The molecule has 1 N–H and O–H groups in total. The second-order valence-electron chi connectivity index (χ2n) is 6.09. The molecule has 0 unspecified atom stereocenters. The van der Waals surface area contributed by atoms with Crippen molar-refractivity contribution in [1.29, 1.82) is 0 Å². The number of benzene rings is 2. The van der Waals surface area contributed by atoms with Crippen molar-refractivity contribution >= 4 is 16.2 Å². The summed E-state index contributed by atoms with van der Waals surface area (Å²) in [7, 11) is -3.71. The monoisotopic (exact) mass is 390 g/mol. The van der Waals surface area contributed by atoms with Crippen LogP contribution in [0, 0.1) is 13.8 Å². The topological polar surface area (TPSA) is 77.0 Å². The molecule has 0 saturated heterocycles.